The quantitative estimate of drug-likeness (QED) is 0.445. The number of hydrogen-bond acceptors (Lipinski definition) is 3. The summed E-state index contributed by atoms with van der Waals surface area (Å²) in [5.74, 6) is 0. The van der Waals surface area contributed by atoms with Gasteiger partial charge in [0, 0.05) is 6.42 Å². The first-order valence-electron chi connectivity index (χ1n) is 8.90. The second-order valence-electron chi connectivity index (χ2n) is 6.35. The van der Waals surface area contributed by atoms with Gasteiger partial charge in [0.1, 0.15) is 0 Å². The van der Waals surface area contributed by atoms with Crippen LogP contribution in [0.1, 0.15) is 45.1 Å². The van der Waals surface area contributed by atoms with E-state index in [0.29, 0.717) is 13.2 Å². The fourth-order valence-electron chi connectivity index (χ4n) is 2.62. The van der Waals surface area contributed by atoms with Crippen LogP contribution < -0.4 is 0 Å². The summed E-state index contributed by atoms with van der Waals surface area (Å²) in [5.41, 5.74) is 4.02. The molecular weight excluding hydrogens is 300 g/mol. The zero-order chi connectivity index (χ0) is 17.0. The summed E-state index contributed by atoms with van der Waals surface area (Å²) in [5, 5.41) is 0. The van der Waals surface area contributed by atoms with E-state index in [4.69, 9.17) is 14.2 Å². The molecule has 1 saturated heterocycles. The van der Waals surface area contributed by atoms with Gasteiger partial charge in [0.25, 0.3) is 0 Å². The number of hydrogen-bond donors (Lipinski definition) is 0. The molecule has 1 aliphatic heterocycles. The monoisotopic (exact) mass is 330 g/mol. The lowest BCUT2D eigenvalue weighted by Gasteiger charge is -2.08. The van der Waals surface area contributed by atoms with Crippen molar-refractivity contribution in [2.45, 2.75) is 52.4 Å². The van der Waals surface area contributed by atoms with Crippen molar-refractivity contribution in [3.8, 4) is 0 Å². The predicted molar refractivity (Wildman–Crippen MR) is 97.8 cm³/mol. The highest BCUT2D eigenvalue weighted by Crippen LogP contribution is 2.15. The summed E-state index contributed by atoms with van der Waals surface area (Å²) in [7, 11) is 0. The van der Waals surface area contributed by atoms with Crippen molar-refractivity contribution >= 4 is 0 Å². The molecule has 3 heteroatoms. The van der Waals surface area contributed by atoms with Crippen LogP contribution in [0.25, 0.3) is 0 Å². The second-order valence-corrected chi connectivity index (χ2v) is 6.35. The molecule has 2 rings (SSSR count). The highest BCUT2D eigenvalue weighted by molar-refractivity contribution is 5.13. The lowest BCUT2D eigenvalue weighted by molar-refractivity contribution is -0.0461. The van der Waals surface area contributed by atoms with Gasteiger partial charge >= 0.3 is 0 Å². The van der Waals surface area contributed by atoms with Crippen LogP contribution in [0.4, 0.5) is 0 Å². The molecule has 1 fully saturated rings. The Bertz CT molecular complexity index is 513. The molecule has 3 nitrogen and oxygen atoms in total. The molecule has 0 bridgehead atoms. The minimum absolute atomic E-state index is 0.0109. The van der Waals surface area contributed by atoms with Crippen molar-refractivity contribution in [1.29, 1.82) is 0 Å². The molecule has 0 saturated carbocycles. The predicted octanol–water partition coefficient (Wildman–Crippen LogP) is 5.03. The van der Waals surface area contributed by atoms with E-state index in [1.54, 1.807) is 0 Å². The maximum absolute atomic E-state index is 5.69. The van der Waals surface area contributed by atoms with Crippen LogP contribution in [0.15, 0.2) is 53.6 Å². The first-order chi connectivity index (χ1) is 11.7. The van der Waals surface area contributed by atoms with Gasteiger partial charge in [-0.25, -0.2) is 0 Å². The lowest BCUT2D eigenvalue weighted by atomic mass is 10.1. The van der Waals surface area contributed by atoms with E-state index < -0.39 is 0 Å². The summed E-state index contributed by atoms with van der Waals surface area (Å²) < 4.78 is 16.6. The molecule has 1 aromatic rings. The lowest BCUT2D eigenvalue weighted by Crippen LogP contribution is -2.06. The van der Waals surface area contributed by atoms with Gasteiger partial charge in [0.15, 0.2) is 6.29 Å². The molecule has 0 aliphatic carbocycles. The van der Waals surface area contributed by atoms with Crippen molar-refractivity contribution in [3.05, 3.63) is 59.2 Å². The third-order valence-corrected chi connectivity index (χ3v) is 4.16. The number of ether oxygens (including phenoxy) is 3. The van der Waals surface area contributed by atoms with E-state index in [1.165, 1.54) is 16.7 Å². The summed E-state index contributed by atoms with van der Waals surface area (Å²) in [6, 6.07) is 10.3. The normalized spacial score (nSPS) is 16.8. The maximum Gasteiger partial charge on any atom is 0.158 e. The van der Waals surface area contributed by atoms with E-state index >= 15 is 0 Å². The fourth-order valence-corrected chi connectivity index (χ4v) is 2.62. The molecule has 24 heavy (non-hydrogen) atoms. The van der Waals surface area contributed by atoms with E-state index in [1.807, 2.05) is 18.2 Å². The Labute approximate surface area is 146 Å². The van der Waals surface area contributed by atoms with Crippen LogP contribution >= 0.6 is 0 Å². The zero-order valence-corrected chi connectivity index (χ0v) is 15.0. The van der Waals surface area contributed by atoms with E-state index in [-0.39, 0.29) is 6.29 Å². The zero-order valence-electron chi connectivity index (χ0n) is 15.0. The van der Waals surface area contributed by atoms with Gasteiger partial charge in [0.05, 0.1) is 26.4 Å². The third kappa shape index (κ3) is 7.91. The maximum atomic E-state index is 5.69. The van der Waals surface area contributed by atoms with Gasteiger partial charge < -0.3 is 14.2 Å². The first kappa shape index (κ1) is 18.9. The van der Waals surface area contributed by atoms with Crippen molar-refractivity contribution < 1.29 is 14.2 Å². The first-order valence-corrected chi connectivity index (χ1v) is 8.90. The van der Waals surface area contributed by atoms with Gasteiger partial charge in [-0.1, -0.05) is 53.6 Å². The van der Waals surface area contributed by atoms with Crippen molar-refractivity contribution in [1.82, 2.24) is 0 Å². The van der Waals surface area contributed by atoms with Crippen LogP contribution in [0, 0.1) is 0 Å². The molecule has 0 radical (unpaired) electrons. The van der Waals surface area contributed by atoms with Crippen molar-refractivity contribution in [2.24, 2.45) is 0 Å². The smallest absolute Gasteiger partial charge is 0.158 e. The minimum Gasteiger partial charge on any atom is -0.373 e. The average molecular weight is 330 g/mol. The Balaban J connectivity index is 1.55. The van der Waals surface area contributed by atoms with Crippen LogP contribution in [-0.2, 0) is 20.8 Å². The highest BCUT2D eigenvalue weighted by atomic mass is 16.7. The van der Waals surface area contributed by atoms with Crippen molar-refractivity contribution in [3.63, 3.8) is 0 Å². The topological polar surface area (TPSA) is 27.7 Å². The molecule has 0 N–H and O–H groups in total. The molecule has 0 aromatic heterocycles. The average Bonchev–Trinajstić information content (AvgIpc) is 3.11. The Morgan fingerprint density at radius 3 is 2.50 bits per heavy atom. The summed E-state index contributed by atoms with van der Waals surface area (Å²) in [4.78, 5) is 0. The largest absolute Gasteiger partial charge is 0.373 e. The van der Waals surface area contributed by atoms with E-state index in [2.05, 4.69) is 38.1 Å². The van der Waals surface area contributed by atoms with Gasteiger partial charge in [-0.3, -0.25) is 0 Å². The molecule has 0 unspecified atom stereocenters. The molecule has 1 heterocycles. The van der Waals surface area contributed by atoms with E-state index in [9.17, 15) is 0 Å². The van der Waals surface area contributed by atoms with Crippen molar-refractivity contribution in [2.75, 3.05) is 19.8 Å². The second kappa shape index (κ2) is 11.2. The Morgan fingerprint density at radius 2 is 1.75 bits per heavy atom. The standard InChI is InChI=1S/C21H30O3/c1-18(11-12-21-23-15-16-24-21)7-6-8-19(2)13-14-22-17-20-9-4-3-5-10-20/h3-5,7,9-10,13,21H,6,8,11-12,14-17H2,1-2H3/b18-7-,19-13-. The Hall–Kier alpha value is -1.42. The fraction of sp³-hybridized carbons (Fsp3) is 0.524. The van der Waals surface area contributed by atoms with Crippen LogP contribution in [0.3, 0.4) is 0 Å². The summed E-state index contributed by atoms with van der Waals surface area (Å²) in [6.45, 7) is 7.20. The van der Waals surface area contributed by atoms with Gasteiger partial charge in [0.2, 0.25) is 0 Å². The number of allylic oxidation sites excluding steroid dienone is 3. The van der Waals surface area contributed by atoms with Crippen LogP contribution in [-0.4, -0.2) is 26.1 Å². The molecule has 1 aliphatic rings. The summed E-state index contributed by atoms with van der Waals surface area (Å²) in [6.07, 6.45) is 8.71. The number of rotatable bonds is 10. The number of benzene rings is 1. The van der Waals surface area contributed by atoms with Gasteiger partial charge in [-0.15, -0.1) is 0 Å². The molecule has 132 valence electrons. The molecule has 1 aromatic carbocycles. The summed E-state index contributed by atoms with van der Waals surface area (Å²) >= 11 is 0. The Kier molecular flexibility index (Phi) is 8.82. The van der Waals surface area contributed by atoms with Crippen LogP contribution in [0.5, 0.6) is 0 Å². The Morgan fingerprint density at radius 1 is 1.04 bits per heavy atom. The molecule has 0 amide bonds. The van der Waals surface area contributed by atoms with E-state index in [0.717, 1.165) is 38.9 Å². The van der Waals surface area contributed by atoms with Gasteiger partial charge in [-0.05, 0) is 38.7 Å². The third-order valence-electron chi connectivity index (χ3n) is 4.16. The highest BCUT2D eigenvalue weighted by Gasteiger charge is 2.14. The minimum atomic E-state index is 0.0109. The SMILES string of the molecule is C/C(=C/COCc1ccccc1)CC/C=C(/C)CCC1OCCO1. The van der Waals surface area contributed by atoms with Gasteiger partial charge in [-0.2, -0.15) is 0 Å². The molecular formula is C21H30O3. The molecule has 0 spiro atoms. The van der Waals surface area contributed by atoms with Crippen LogP contribution in [0.2, 0.25) is 0 Å². The molecule has 0 atom stereocenters.